The van der Waals surface area contributed by atoms with Crippen molar-refractivity contribution in [2.24, 2.45) is 0 Å². The minimum absolute atomic E-state index is 0.0534. The Kier molecular flexibility index (Phi) is 5.95. The van der Waals surface area contributed by atoms with Crippen molar-refractivity contribution in [2.45, 2.75) is 24.6 Å². The molecule has 2 saturated heterocycles. The number of hydrogen-bond donors (Lipinski definition) is 0. The van der Waals surface area contributed by atoms with E-state index in [9.17, 15) is 4.79 Å². The molecule has 2 atom stereocenters. The molecule has 7 heteroatoms. The summed E-state index contributed by atoms with van der Waals surface area (Å²) < 4.78 is 11.6. The van der Waals surface area contributed by atoms with Crippen LogP contribution < -0.4 is 4.74 Å². The lowest BCUT2D eigenvalue weighted by atomic mass is 9.83. The summed E-state index contributed by atoms with van der Waals surface area (Å²) >= 11 is 1.75. The molecular weight excluding hydrogens is 422 g/mol. The second-order valence-corrected chi connectivity index (χ2v) is 9.43. The molecule has 32 heavy (non-hydrogen) atoms. The molecular formula is C25H27N3O3S. The first kappa shape index (κ1) is 21.1. The van der Waals surface area contributed by atoms with Crippen LogP contribution in [0.25, 0.3) is 0 Å². The highest BCUT2D eigenvalue weighted by Crippen LogP contribution is 2.42. The zero-order valence-electron chi connectivity index (χ0n) is 18.1. The highest BCUT2D eigenvalue weighted by atomic mass is 32.1. The molecule has 2 fully saturated rings. The van der Waals surface area contributed by atoms with Gasteiger partial charge in [0.1, 0.15) is 5.75 Å². The van der Waals surface area contributed by atoms with Gasteiger partial charge < -0.3 is 14.4 Å². The molecule has 0 saturated carbocycles. The van der Waals surface area contributed by atoms with Crippen LogP contribution in [-0.2, 0) is 22.6 Å². The van der Waals surface area contributed by atoms with E-state index in [4.69, 9.17) is 9.47 Å². The van der Waals surface area contributed by atoms with Crippen molar-refractivity contribution in [2.75, 3.05) is 33.4 Å². The Labute approximate surface area is 192 Å². The first-order valence-corrected chi connectivity index (χ1v) is 11.8. The SMILES string of the molecule is COc1ccc(CN2CCO[C@]3(CN(Cc4cccs4)C[C@H]3c3cccnc3)C2=O)cc1. The number of methoxy groups -OCH3 is 1. The third-order valence-electron chi connectivity index (χ3n) is 6.41. The molecule has 0 unspecified atom stereocenters. The third kappa shape index (κ3) is 4.03. The lowest BCUT2D eigenvalue weighted by Crippen LogP contribution is -2.59. The number of hydrogen-bond acceptors (Lipinski definition) is 6. The summed E-state index contributed by atoms with van der Waals surface area (Å²) in [6.07, 6.45) is 3.65. The number of carbonyl (C=O) groups is 1. The Morgan fingerprint density at radius 2 is 2.06 bits per heavy atom. The molecule has 0 aliphatic carbocycles. The molecule has 1 amide bonds. The quantitative estimate of drug-likeness (QED) is 0.576. The number of aromatic nitrogens is 1. The van der Waals surface area contributed by atoms with Gasteiger partial charge in [-0.1, -0.05) is 24.3 Å². The average Bonchev–Trinajstić information content (AvgIpc) is 3.47. The summed E-state index contributed by atoms with van der Waals surface area (Å²) in [4.78, 5) is 23.9. The van der Waals surface area contributed by atoms with E-state index in [0.29, 0.717) is 26.2 Å². The second kappa shape index (κ2) is 9.02. The molecule has 166 valence electrons. The van der Waals surface area contributed by atoms with Gasteiger partial charge >= 0.3 is 0 Å². The predicted molar refractivity (Wildman–Crippen MR) is 124 cm³/mol. The van der Waals surface area contributed by atoms with Crippen molar-refractivity contribution in [1.82, 2.24) is 14.8 Å². The van der Waals surface area contributed by atoms with E-state index in [2.05, 4.69) is 33.5 Å². The minimum Gasteiger partial charge on any atom is -0.497 e. The Morgan fingerprint density at radius 3 is 2.78 bits per heavy atom. The number of amides is 1. The largest absolute Gasteiger partial charge is 0.497 e. The number of ether oxygens (including phenoxy) is 2. The zero-order chi connectivity index (χ0) is 22.0. The fraction of sp³-hybridized carbons (Fsp3) is 0.360. The van der Waals surface area contributed by atoms with Gasteiger partial charge in [-0.05, 0) is 40.8 Å². The Morgan fingerprint density at radius 1 is 1.19 bits per heavy atom. The molecule has 2 aromatic heterocycles. The van der Waals surface area contributed by atoms with Crippen LogP contribution in [0.4, 0.5) is 0 Å². The van der Waals surface area contributed by atoms with Gasteiger partial charge in [-0.25, -0.2) is 0 Å². The fourth-order valence-electron chi connectivity index (χ4n) is 4.85. The topological polar surface area (TPSA) is 54.9 Å². The van der Waals surface area contributed by atoms with Gasteiger partial charge in [0.05, 0.1) is 13.7 Å². The number of nitrogens with zero attached hydrogens (tertiary/aromatic N) is 3. The van der Waals surface area contributed by atoms with Crippen LogP contribution in [0.3, 0.4) is 0 Å². The van der Waals surface area contributed by atoms with Gasteiger partial charge in [-0.15, -0.1) is 11.3 Å². The van der Waals surface area contributed by atoms with Crippen LogP contribution >= 0.6 is 11.3 Å². The number of likely N-dealkylation sites (tertiary alicyclic amines) is 1. The van der Waals surface area contributed by atoms with E-state index in [0.717, 1.165) is 30.0 Å². The summed E-state index contributed by atoms with van der Waals surface area (Å²) in [5.74, 6) is 0.833. The highest BCUT2D eigenvalue weighted by molar-refractivity contribution is 7.09. The molecule has 2 aliphatic heterocycles. The zero-order valence-corrected chi connectivity index (χ0v) is 19.0. The first-order chi connectivity index (χ1) is 15.7. The molecule has 2 aliphatic rings. The molecule has 0 radical (unpaired) electrons. The molecule has 1 spiro atoms. The standard InChI is InChI=1S/C25H27N3O3S/c1-30-21-8-6-19(7-9-21)15-28-11-12-31-25(24(28)29)18-27(16-22-5-3-13-32-22)17-23(25)20-4-2-10-26-14-20/h2-10,13-14,23H,11-12,15-18H2,1H3/t23-,25-/m0/s1. The summed E-state index contributed by atoms with van der Waals surface area (Å²) in [5.41, 5.74) is 1.26. The van der Waals surface area contributed by atoms with Crippen molar-refractivity contribution in [1.29, 1.82) is 0 Å². The summed E-state index contributed by atoms with van der Waals surface area (Å²) in [7, 11) is 1.66. The van der Waals surface area contributed by atoms with Crippen molar-refractivity contribution in [3.8, 4) is 5.75 Å². The highest BCUT2D eigenvalue weighted by Gasteiger charge is 2.57. The minimum atomic E-state index is -0.884. The van der Waals surface area contributed by atoms with Crippen molar-refractivity contribution in [3.05, 3.63) is 82.3 Å². The molecule has 0 N–H and O–H groups in total. The van der Waals surface area contributed by atoms with E-state index < -0.39 is 5.60 Å². The average molecular weight is 450 g/mol. The maximum absolute atomic E-state index is 13.9. The van der Waals surface area contributed by atoms with E-state index >= 15 is 0 Å². The predicted octanol–water partition coefficient (Wildman–Crippen LogP) is 3.55. The Bertz CT molecular complexity index is 1040. The van der Waals surface area contributed by atoms with Crippen LogP contribution in [0, 0.1) is 0 Å². The normalized spacial score (nSPS) is 23.7. The van der Waals surface area contributed by atoms with Crippen LogP contribution in [0.15, 0.2) is 66.3 Å². The number of rotatable bonds is 6. The number of morpholine rings is 1. The molecule has 3 aromatic rings. The number of thiophene rings is 1. The number of carbonyl (C=O) groups excluding carboxylic acids is 1. The van der Waals surface area contributed by atoms with Crippen molar-refractivity contribution < 1.29 is 14.3 Å². The van der Waals surface area contributed by atoms with Crippen LogP contribution in [-0.4, -0.2) is 59.6 Å². The van der Waals surface area contributed by atoms with Crippen LogP contribution in [0.2, 0.25) is 0 Å². The van der Waals surface area contributed by atoms with Gasteiger partial charge in [-0.3, -0.25) is 14.7 Å². The molecule has 6 nitrogen and oxygen atoms in total. The summed E-state index contributed by atoms with van der Waals surface area (Å²) in [6.45, 7) is 3.88. The smallest absolute Gasteiger partial charge is 0.257 e. The van der Waals surface area contributed by atoms with Crippen molar-refractivity contribution >= 4 is 17.2 Å². The summed E-state index contributed by atoms with van der Waals surface area (Å²) in [6, 6.07) is 16.1. The van der Waals surface area contributed by atoms with E-state index in [1.807, 2.05) is 41.4 Å². The van der Waals surface area contributed by atoms with Gasteiger partial charge in [0.2, 0.25) is 0 Å². The summed E-state index contributed by atoms with van der Waals surface area (Å²) in [5, 5.41) is 2.10. The lowest BCUT2D eigenvalue weighted by molar-refractivity contribution is -0.173. The monoisotopic (exact) mass is 449 g/mol. The second-order valence-electron chi connectivity index (χ2n) is 8.40. The lowest BCUT2D eigenvalue weighted by Gasteiger charge is -2.42. The Hall–Kier alpha value is -2.74. The van der Waals surface area contributed by atoms with Crippen LogP contribution in [0.1, 0.15) is 21.9 Å². The number of pyridine rings is 1. The molecule has 1 aromatic carbocycles. The van der Waals surface area contributed by atoms with Crippen LogP contribution in [0.5, 0.6) is 5.75 Å². The van der Waals surface area contributed by atoms with E-state index in [1.54, 1.807) is 24.6 Å². The molecule has 4 heterocycles. The first-order valence-electron chi connectivity index (χ1n) is 10.9. The van der Waals surface area contributed by atoms with Gasteiger partial charge in [0.15, 0.2) is 5.60 Å². The maximum Gasteiger partial charge on any atom is 0.257 e. The Balaban J connectivity index is 1.42. The van der Waals surface area contributed by atoms with Crippen molar-refractivity contribution in [3.63, 3.8) is 0 Å². The van der Waals surface area contributed by atoms with E-state index in [-0.39, 0.29) is 11.8 Å². The van der Waals surface area contributed by atoms with Gasteiger partial charge in [-0.2, -0.15) is 0 Å². The fourth-order valence-corrected chi connectivity index (χ4v) is 5.59. The van der Waals surface area contributed by atoms with E-state index in [1.165, 1.54) is 4.88 Å². The third-order valence-corrected chi connectivity index (χ3v) is 7.27. The molecule has 5 rings (SSSR count). The maximum atomic E-state index is 13.9. The number of benzene rings is 1. The van der Waals surface area contributed by atoms with Gasteiger partial charge in [0, 0.05) is 55.9 Å². The molecule has 0 bridgehead atoms. The van der Waals surface area contributed by atoms with Gasteiger partial charge in [0.25, 0.3) is 5.91 Å².